The summed E-state index contributed by atoms with van der Waals surface area (Å²) in [5, 5.41) is 55.5. The lowest BCUT2D eigenvalue weighted by Gasteiger charge is -2.35. The first-order chi connectivity index (χ1) is 27.1. The van der Waals surface area contributed by atoms with Crippen LogP contribution in [-0.2, 0) is 0 Å². The van der Waals surface area contributed by atoms with E-state index in [4.69, 9.17) is 0 Å². The SMILES string of the molecule is OCCSCCCC(CCCCCCCCCCCC(CCCSCCO)(CCCSCCO)CCCSCCO)(CCCSCCO)CCCSCCO. The molecule has 0 rings (SSSR count). The zero-order valence-electron chi connectivity index (χ0n) is 35.1. The van der Waals surface area contributed by atoms with E-state index in [2.05, 4.69) is 0 Å². The number of thioether (sulfide) groups is 6. The molecular weight excluding hydrogens is 805 g/mol. The Labute approximate surface area is 366 Å². The molecule has 0 unspecified atom stereocenters. The van der Waals surface area contributed by atoms with Crippen molar-refractivity contribution in [2.24, 2.45) is 10.8 Å². The minimum Gasteiger partial charge on any atom is -0.396 e. The van der Waals surface area contributed by atoms with Crippen LogP contribution in [0.15, 0.2) is 0 Å². The minimum absolute atomic E-state index is 0.270. The van der Waals surface area contributed by atoms with Gasteiger partial charge in [0.05, 0.1) is 39.6 Å². The van der Waals surface area contributed by atoms with Gasteiger partial charge in [-0.05, 0) is 135 Å². The van der Waals surface area contributed by atoms with E-state index in [1.807, 2.05) is 70.6 Å². The van der Waals surface area contributed by atoms with E-state index in [0.717, 1.165) is 69.0 Å². The van der Waals surface area contributed by atoms with Gasteiger partial charge >= 0.3 is 0 Å². The summed E-state index contributed by atoms with van der Waals surface area (Å²) < 4.78 is 0. The lowest BCUT2D eigenvalue weighted by molar-refractivity contribution is 0.187. The van der Waals surface area contributed by atoms with Gasteiger partial charge < -0.3 is 30.6 Å². The Hall–Kier alpha value is 1.86. The van der Waals surface area contributed by atoms with Gasteiger partial charge in [-0.15, -0.1) is 0 Å². The predicted octanol–water partition coefficient (Wildman–Crippen LogP) is 10.3. The molecular formula is C43H88O6S6. The number of hydrogen-bond donors (Lipinski definition) is 6. The highest BCUT2D eigenvalue weighted by atomic mass is 32.2. The third kappa shape index (κ3) is 37.4. The average molecular weight is 894 g/mol. The second-order valence-corrected chi connectivity index (χ2v) is 22.7. The van der Waals surface area contributed by atoms with Crippen LogP contribution < -0.4 is 0 Å². The van der Waals surface area contributed by atoms with E-state index in [1.54, 1.807) is 0 Å². The highest BCUT2D eigenvalue weighted by molar-refractivity contribution is 8.00. The van der Waals surface area contributed by atoms with Gasteiger partial charge in [0.2, 0.25) is 0 Å². The van der Waals surface area contributed by atoms with Gasteiger partial charge in [0.25, 0.3) is 0 Å². The van der Waals surface area contributed by atoms with Crippen molar-refractivity contribution in [3.05, 3.63) is 0 Å². The van der Waals surface area contributed by atoms with E-state index in [-0.39, 0.29) is 39.6 Å². The van der Waals surface area contributed by atoms with Gasteiger partial charge in [0.15, 0.2) is 0 Å². The van der Waals surface area contributed by atoms with Crippen LogP contribution in [0.2, 0.25) is 0 Å². The van der Waals surface area contributed by atoms with Crippen molar-refractivity contribution in [3.63, 3.8) is 0 Å². The normalized spacial score (nSPS) is 12.3. The molecule has 0 spiro atoms. The molecule has 0 fully saturated rings. The molecule has 12 heteroatoms. The summed E-state index contributed by atoms with van der Waals surface area (Å²) in [6.07, 6.45) is 29.9. The van der Waals surface area contributed by atoms with Crippen molar-refractivity contribution in [1.82, 2.24) is 0 Å². The largest absolute Gasteiger partial charge is 0.396 e. The van der Waals surface area contributed by atoms with Crippen molar-refractivity contribution < 1.29 is 30.6 Å². The maximum Gasteiger partial charge on any atom is 0.0521 e. The Morgan fingerprint density at radius 2 is 0.364 bits per heavy atom. The third-order valence-electron chi connectivity index (χ3n) is 10.8. The molecule has 6 nitrogen and oxygen atoms in total. The molecule has 332 valence electrons. The van der Waals surface area contributed by atoms with Crippen LogP contribution in [0.5, 0.6) is 0 Å². The highest BCUT2D eigenvalue weighted by Crippen LogP contribution is 2.43. The van der Waals surface area contributed by atoms with E-state index >= 15 is 0 Å². The topological polar surface area (TPSA) is 121 Å². The molecule has 0 amide bonds. The van der Waals surface area contributed by atoms with Crippen molar-refractivity contribution in [3.8, 4) is 0 Å². The summed E-state index contributed by atoms with van der Waals surface area (Å²) in [5.41, 5.74) is 0.812. The standard InChI is InChI=1S/C43H88O6S6/c44-24-36-50-30-10-18-42(19-11-31-51-37-25-45,20-12-32-52-38-26-46)16-8-6-4-2-1-3-5-7-9-17-43(21-13-33-53-39-27-47,22-14-34-54-40-28-48)23-15-35-55-41-29-49/h44-49H,1-41H2. The molecule has 0 atom stereocenters. The van der Waals surface area contributed by atoms with Crippen molar-refractivity contribution in [2.75, 3.05) is 109 Å². The van der Waals surface area contributed by atoms with E-state index in [0.29, 0.717) is 10.8 Å². The Kier molecular flexibility index (Phi) is 46.9. The average Bonchev–Trinajstić information content (AvgIpc) is 3.19. The maximum atomic E-state index is 9.25. The molecule has 0 aliphatic carbocycles. The quantitative estimate of drug-likeness (QED) is 0.0326. The predicted molar refractivity (Wildman–Crippen MR) is 258 cm³/mol. The monoisotopic (exact) mass is 892 g/mol. The summed E-state index contributed by atoms with van der Waals surface area (Å²) in [4.78, 5) is 0. The highest BCUT2D eigenvalue weighted by Gasteiger charge is 2.29. The van der Waals surface area contributed by atoms with Crippen LogP contribution >= 0.6 is 70.6 Å². The smallest absolute Gasteiger partial charge is 0.0521 e. The number of hydrogen-bond acceptors (Lipinski definition) is 12. The van der Waals surface area contributed by atoms with Gasteiger partial charge in [0.1, 0.15) is 0 Å². The maximum absolute atomic E-state index is 9.25. The van der Waals surface area contributed by atoms with Gasteiger partial charge in [-0.1, -0.05) is 57.8 Å². The van der Waals surface area contributed by atoms with Crippen LogP contribution in [0.3, 0.4) is 0 Å². The van der Waals surface area contributed by atoms with Gasteiger partial charge in [-0.3, -0.25) is 0 Å². The summed E-state index contributed by atoms with van der Waals surface area (Å²) in [5.74, 6) is 11.9. The Morgan fingerprint density at radius 3 is 0.545 bits per heavy atom. The second-order valence-electron chi connectivity index (χ2n) is 15.3. The van der Waals surface area contributed by atoms with Crippen LogP contribution in [-0.4, -0.2) is 139 Å². The summed E-state index contributed by atoms with van der Waals surface area (Å²) in [7, 11) is 0. The van der Waals surface area contributed by atoms with Crippen molar-refractivity contribution in [2.45, 2.75) is 148 Å². The number of rotatable bonds is 48. The second kappa shape index (κ2) is 45.4. The van der Waals surface area contributed by atoms with E-state index in [9.17, 15) is 30.6 Å². The minimum atomic E-state index is 0.270. The van der Waals surface area contributed by atoms with Crippen LogP contribution in [0.1, 0.15) is 148 Å². The Bertz CT molecular complexity index is 614. The first-order valence-corrected chi connectivity index (χ1v) is 29.1. The number of aliphatic hydroxyl groups excluding tert-OH is 6. The Balaban J connectivity index is 4.91. The fraction of sp³-hybridized carbons (Fsp3) is 1.00. The first kappa shape index (κ1) is 56.9. The molecule has 55 heavy (non-hydrogen) atoms. The van der Waals surface area contributed by atoms with Gasteiger partial charge in [0, 0.05) is 34.5 Å². The fourth-order valence-electron chi connectivity index (χ4n) is 8.03. The van der Waals surface area contributed by atoms with Gasteiger partial charge in [-0.2, -0.15) is 70.6 Å². The summed E-state index contributed by atoms with van der Waals surface area (Å²) in [6.45, 7) is 1.62. The summed E-state index contributed by atoms with van der Waals surface area (Å²) in [6, 6.07) is 0. The van der Waals surface area contributed by atoms with Gasteiger partial charge in [-0.25, -0.2) is 0 Å². The van der Waals surface area contributed by atoms with Crippen molar-refractivity contribution in [1.29, 1.82) is 0 Å². The molecule has 0 aromatic rings. The zero-order valence-corrected chi connectivity index (χ0v) is 40.0. The van der Waals surface area contributed by atoms with Crippen LogP contribution in [0.4, 0.5) is 0 Å². The first-order valence-electron chi connectivity index (χ1n) is 22.2. The lowest BCUT2D eigenvalue weighted by atomic mass is 9.72. The molecule has 0 aliphatic heterocycles. The molecule has 6 N–H and O–H groups in total. The lowest BCUT2D eigenvalue weighted by Crippen LogP contribution is -2.22. The molecule has 0 saturated carbocycles. The third-order valence-corrected chi connectivity index (χ3v) is 17.1. The summed E-state index contributed by atoms with van der Waals surface area (Å²) >= 11 is 11.3. The zero-order chi connectivity index (χ0) is 40.2. The van der Waals surface area contributed by atoms with E-state index < -0.39 is 0 Å². The Morgan fingerprint density at radius 1 is 0.200 bits per heavy atom. The van der Waals surface area contributed by atoms with Crippen molar-refractivity contribution >= 4 is 70.6 Å². The molecule has 0 heterocycles. The molecule has 0 bridgehead atoms. The molecule has 0 aromatic heterocycles. The number of unbranched alkanes of at least 4 members (excludes halogenated alkanes) is 8. The fourth-order valence-corrected chi connectivity index (χ4v) is 12.1. The molecule has 0 aromatic carbocycles. The number of aliphatic hydroxyl groups is 6. The van der Waals surface area contributed by atoms with E-state index in [1.165, 1.54) is 148 Å². The molecule has 0 saturated heterocycles. The van der Waals surface area contributed by atoms with Crippen LogP contribution in [0.25, 0.3) is 0 Å². The molecule has 0 radical (unpaired) electrons. The van der Waals surface area contributed by atoms with Crippen LogP contribution in [0, 0.1) is 10.8 Å². The molecule has 0 aliphatic rings.